The molecule has 0 saturated carbocycles. The van der Waals surface area contributed by atoms with Gasteiger partial charge in [-0.05, 0) is 34.1 Å². The van der Waals surface area contributed by atoms with E-state index in [0.29, 0.717) is 5.96 Å². The third-order valence-corrected chi connectivity index (χ3v) is 3.03. The first-order chi connectivity index (χ1) is 7.87. The zero-order valence-electron chi connectivity index (χ0n) is 11.1. The van der Waals surface area contributed by atoms with Crippen molar-refractivity contribution in [3.63, 3.8) is 0 Å². The standard InChI is InChI=1S/C12H22N4S/c1-9-8-17-10(15-9)6-5-7-14-11(13)16-12(2,3)4/h8H,5-7H2,1-4H3,(H3,13,14,16). The van der Waals surface area contributed by atoms with Crippen molar-refractivity contribution in [2.24, 2.45) is 10.7 Å². The molecule has 5 heteroatoms. The molecular formula is C12H22N4S. The number of aryl methyl sites for hydroxylation is 2. The average Bonchev–Trinajstić information content (AvgIpc) is 2.56. The maximum atomic E-state index is 5.77. The van der Waals surface area contributed by atoms with Gasteiger partial charge in [0.15, 0.2) is 5.96 Å². The summed E-state index contributed by atoms with van der Waals surface area (Å²) in [5.74, 6) is 0.521. The zero-order chi connectivity index (χ0) is 12.9. The molecule has 1 aromatic rings. The predicted octanol–water partition coefficient (Wildman–Crippen LogP) is 2.09. The van der Waals surface area contributed by atoms with Crippen LogP contribution in [0.15, 0.2) is 10.4 Å². The second-order valence-corrected chi connectivity index (χ2v) is 6.07. The largest absolute Gasteiger partial charge is 0.370 e. The van der Waals surface area contributed by atoms with Crippen molar-refractivity contribution in [3.05, 3.63) is 16.1 Å². The lowest BCUT2D eigenvalue weighted by molar-refractivity contribution is 0.508. The van der Waals surface area contributed by atoms with Gasteiger partial charge < -0.3 is 11.1 Å². The van der Waals surface area contributed by atoms with Crippen molar-refractivity contribution in [2.75, 3.05) is 6.54 Å². The molecule has 3 N–H and O–H groups in total. The molecule has 96 valence electrons. The number of nitrogens with one attached hydrogen (secondary N) is 1. The van der Waals surface area contributed by atoms with Crippen LogP contribution in [0.5, 0.6) is 0 Å². The van der Waals surface area contributed by atoms with Crippen LogP contribution < -0.4 is 11.1 Å². The first kappa shape index (κ1) is 14.0. The monoisotopic (exact) mass is 254 g/mol. The zero-order valence-corrected chi connectivity index (χ0v) is 11.9. The molecule has 4 nitrogen and oxygen atoms in total. The third kappa shape index (κ3) is 6.26. The molecule has 0 bridgehead atoms. The van der Waals surface area contributed by atoms with Gasteiger partial charge in [0.2, 0.25) is 0 Å². The summed E-state index contributed by atoms with van der Waals surface area (Å²) in [7, 11) is 0. The van der Waals surface area contributed by atoms with Crippen LogP contribution in [-0.4, -0.2) is 23.0 Å². The van der Waals surface area contributed by atoms with E-state index in [-0.39, 0.29) is 5.54 Å². The number of hydrogen-bond acceptors (Lipinski definition) is 3. The van der Waals surface area contributed by atoms with E-state index in [9.17, 15) is 0 Å². The van der Waals surface area contributed by atoms with E-state index in [1.54, 1.807) is 11.3 Å². The van der Waals surface area contributed by atoms with E-state index >= 15 is 0 Å². The summed E-state index contributed by atoms with van der Waals surface area (Å²) in [5, 5.41) is 6.39. The molecule has 0 fully saturated rings. The number of aliphatic imine (C=N–C) groups is 1. The maximum absolute atomic E-state index is 5.77. The topological polar surface area (TPSA) is 63.3 Å². The Hall–Kier alpha value is -1.10. The van der Waals surface area contributed by atoms with E-state index in [4.69, 9.17) is 5.73 Å². The van der Waals surface area contributed by atoms with Crippen LogP contribution in [0.4, 0.5) is 0 Å². The molecule has 0 atom stereocenters. The fourth-order valence-corrected chi connectivity index (χ4v) is 2.19. The summed E-state index contributed by atoms with van der Waals surface area (Å²) < 4.78 is 0. The number of nitrogens with zero attached hydrogens (tertiary/aromatic N) is 2. The first-order valence-corrected chi connectivity index (χ1v) is 6.74. The molecule has 0 amide bonds. The van der Waals surface area contributed by atoms with Gasteiger partial charge >= 0.3 is 0 Å². The van der Waals surface area contributed by atoms with Crippen molar-refractivity contribution < 1.29 is 0 Å². The molecule has 0 unspecified atom stereocenters. The Balaban J connectivity index is 2.25. The van der Waals surface area contributed by atoms with Crippen molar-refractivity contribution in [2.45, 2.75) is 46.1 Å². The molecule has 0 aliphatic carbocycles. The van der Waals surface area contributed by atoms with E-state index in [1.807, 2.05) is 6.92 Å². The fraction of sp³-hybridized carbons (Fsp3) is 0.667. The van der Waals surface area contributed by atoms with Crippen molar-refractivity contribution in [1.29, 1.82) is 0 Å². The van der Waals surface area contributed by atoms with Crippen molar-refractivity contribution in [1.82, 2.24) is 10.3 Å². The Bertz CT molecular complexity index is 376. The number of hydrogen-bond donors (Lipinski definition) is 2. The van der Waals surface area contributed by atoms with Gasteiger partial charge in [0, 0.05) is 29.6 Å². The van der Waals surface area contributed by atoms with Crippen LogP contribution >= 0.6 is 11.3 Å². The van der Waals surface area contributed by atoms with Crippen molar-refractivity contribution in [3.8, 4) is 0 Å². The Morgan fingerprint density at radius 2 is 2.24 bits per heavy atom. The minimum Gasteiger partial charge on any atom is -0.370 e. The Morgan fingerprint density at radius 3 is 2.76 bits per heavy atom. The van der Waals surface area contributed by atoms with Gasteiger partial charge in [0.25, 0.3) is 0 Å². The Kier molecular flexibility index (Phi) is 4.93. The molecule has 1 heterocycles. The minimum absolute atomic E-state index is 0.0278. The lowest BCUT2D eigenvalue weighted by Gasteiger charge is -2.20. The van der Waals surface area contributed by atoms with Gasteiger partial charge in [0.05, 0.1) is 5.01 Å². The number of nitrogens with two attached hydrogens (primary N) is 1. The summed E-state index contributed by atoms with van der Waals surface area (Å²) >= 11 is 1.71. The first-order valence-electron chi connectivity index (χ1n) is 5.86. The second kappa shape index (κ2) is 6.00. The Labute approximate surface area is 107 Å². The molecule has 0 aromatic carbocycles. The van der Waals surface area contributed by atoms with Gasteiger partial charge in [-0.2, -0.15) is 0 Å². The molecule has 1 aromatic heterocycles. The number of guanidine groups is 1. The highest BCUT2D eigenvalue weighted by Gasteiger charge is 2.09. The lowest BCUT2D eigenvalue weighted by Crippen LogP contribution is -2.45. The molecule has 17 heavy (non-hydrogen) atoms. The average molecular weight is 254 g/mol. The van der Waals surface area contributed by atoms with E-state index in [2.05, 4.69) is 41.4 Å². The van der Waals surface area contributed by atoms with E-state index < -0.39 is 0 Å². The van der Waals surface area contributed by atoms with Crippen LogP contribution in [0.25, 0.3) is 0 Å². The number of rotatable bonds is 4. The maximum Gasteiger partial charge on any atom is 0.188 e. The fourth-order valence-electron chi connectivity index (χ4n) is 1.37. The van der Waals surface area contributed by atoms with Gasteiger partial charge in [-0.15, -0.1) is 11.3 Å². The molecule has 0 aliphatic rings. The third-order valence-electron chi connectivity index (χ3n) is 2.00. The highest BCUT2D eigenvalue weighted by molar-refractivity contribution is 7.09. The lowest BCUT2D eigenvalue weighted by atomic mass is 10.1. The van der Waals surface area contributed by atoms with Crippen LogP contribution in [0.2, 0.25) is 0 Å². The van der Waals surface area contributed by atoms with Gasteiger partial charge in [0.1, 0.15) is 0 Å². The van der Waals surface area contributed by atoms with Crippen LogP contribution in [0.1, 0.15) is 37.9 Å². The summed E-state index contributed by atoms with van der Waals surface area (Å²) in [4.78, 5) is 8.70. The summed E-state index contributed by atoms with van der Waals surface area (Å²) in [6.07, 6.45) is 1.96. The van der Waals surface area contributed by atoms with Crippen molar-refractivity contribution >= 4 is 17.3 Å². The smallest absolute Gasteiger partial charge is 0.188 e. The summed E-state index contributed by atoms with van der Waals surface area (Å²) in [6.45, 7) is 8.95. The molecule has 0 spiro atoms. The van der Waals surface area contributed by atoms with E-state index in [1.165, 1.54) is 5.01 Å². The SMILES string of the molecule is Cc1csc(CCCN=C(N)NC(C)(C)C)n1. The van der Waals surface area contributed by atoms with Crippen LogP contribution in [0, 0.1) is 6.92 Å². The summed E-state index contributed by atoms with van der Waals surface area (Å²) in [6, 6.07) is 0. The van der Waals surface area contributed by atoms with Gasteiger partial charge in [-0.1, -0.05) is 0 Å². The normalized spacial score (nSPS) is 12.8. The van der Waals surface area contributed by atoms with Crippen LogP contribution in [0.3, 0.4) is 0 Å². The molecule has 0 aliphatic heterocycles. The quantitative estimate of drug-likeness (QED) is 0.491. The van der Waals surface area contributed by atoms with Gasteiger partial charge in [-0.3, -0.25) is 4.99 Å². The highest BCUT2D eigenvalue weighted by atomic mass is 32.1. The van der Waals surface area contributed by atoms with Gasteiger partial charge in [-0.25, -0.2) is 4.98 Å². The predicted molar refractivity (Wildman–Crippen MR) is 74.6 cm³/mol. The number of aromatic nitrogens is 1. The summed E-state index contributed by atoms with van der Waals surface area (Å²) in [5.41, 5.74) is 6.84. The minimum atomic E-state index is -0.0278. The number of thiazole rings is 1. The molecule has 0 saturated heterocycles. The Morgan fingerprint density at radius 1 is 1.53 bits per heavy atom. The van der Waals surface area contributed by atoms with E-state index in [0.717, 1.165) is 25.1 Å². The highest BCUT2D eigenvalue weighted by Crippen LogP contribution is 2.10. The molecule has 0 radical (unpaired) electrons. The second-order valence-electron chi connectivity index (χ2n) is 5.13. The molecule has 1 rings (SSSR count). The van der Waals surface area contributed by atoms with Crippen LogP contribution in [-0.2, 0) is 6.42 Å². The molecular weight excluding hydrogens is 232 g/mol.